The molecule has 1 fully saturated rings. The summed E-state index contributed by atoms with van der Waals surface area (Å²) in [5.41, 5.74) is 1.26. The summed E-state index contributed by atoms with van der Waals surface area (Å²) in [6.45, 7) is 15.5. The highest BCUT2D eigenvalue weighted by atomic mass is 79.9. The van der Waals surface area contributed by atoms with Crippen LogP contribution >= 0.6 is 22.7 Å². The predicted octanol–water partition coefficient (Wildman–Crippen LogP) is 0.809. The molecule has 0 unspecified atom stereocenters. The Morgan fingerprint density at radius 3 is 2.11 bits per heavy atom. The number of nitrogens with zero attached hydrogens (tertiary/aromatic N) is 3. The van der Waals surface area contributed by atoms with Crippen molar-refractivity contribution in [3.05, 3.63) is 59.2 Å². The number of rotatable bonds is 11. The van der Waals surface area contributed by atoms with Gasteiger partial charge in [-0.25, -0.2) is 4.57 Å². The van der Waals surface area contributed by atoms with Crippen LogP contribution in [0.2, 0.25) is 0 Å². The van der Waals surface area contributed by atoms with Gasteiger partial charge in [-0.15, -0.1) is 22.7 Å². The largest absolute Gasteiger partial charge is 1.00 e. The van der Waals surface area contributed by atoms with Crippen molar-refractivity contribution < 1.29 is 43.0 Å². The molecule has 4 heterocycles. The van der Waals surface area contributed by atoms with Crippen LogP contribution in [0, 0.1) is 0 Å². The molecule has 7 heteroatoms. The van der Waals surface area contributed by atoms with Crippen LogP contribution < -0.4 is 43.4 Å². The van der Waals surface area contributed by atoms with Crippen LogP contribution in [-0.4, -0.2) is 43.8 Å². The Morgan fingerprint density at radius 2 is 1.46 bits per heavy atom. The van der Waals surface area contributed by atoms with Crippen LogP contribution in [0.15, 0.2) is 48.8 Å². The van der Waals surface area contributed by atoms with Gasteiger partial charge in [0.25, 0.3) is 0 Å². The molecule has 4 rings (SSSR count). The second-order valence-corrected chi connectivity index (χ2v) is 11.3. The minimum atomic E-state index is 0. The van der Waals surface area contributed by atoms with Gasteiger partial charge in [0.05, 0.1) is 37.6 Å². The lowest BCUT2D eigenvalue weighted by Crippen LogP contribution is -3.00. The molecule has 3 aromatic rings. The predicted molar refractivity (Wildman–Crippen MR) is 146 cm³/mol. The second-order valence-electron chi connectivity index (χ2n) is 9.10. The maximum absolute atomic E-state index is 2.52. The number of anilines is 1. The molecule has 3 aromatic heterocycles. The van der Waals surface area contributed by atoms with Gasteiger partial charge in [-0.2, -0.15) is 0 Å². The molecule has 35 heavy (non-hydrogen) atoms. The zero-order valence-electron chi connectivity index (χ0n) is 21.3. The molecule has 0 N–H and O–H groups in total. The van der Waals surface area contributed by atoms with Crippen molar-refractivity contribution in [2.75, 3.05) is 44.2 Å². The maximum atomic E-state index is 2.52. The molecular formula is C28H39Br2N3S2. The summed E-state index contributed by atoms with van der Waals surface area (Å²) in [6.07, 6.45) is 12.8. The molecule has 0 atom stereocenters. The number of halogens is 2. The van der Waals surface area contributed by atoms with Gasteiger partial charge in [0, 0.05) is 39.9 Å². The summed E-state index contributed by atoms with van der Waals surface area (Å²) in [6, 6.07) is 13.6. The zero-order valence-corrected chi connectivity index (χ0v) is 26.1. The minimum absolute atomic E-state index is 0. The molecule has 0 spiro atoms. The van der Waals surface area contributed by atoms with E-state index < -0.39 is 0 Å². The number of hydrogen-bond donors (Lipinski definition) is 0. The smallest absolute Gasteiger partial charge is 0.169 e. The first kappa shape index (κ1) is 30.2. The van der Waals surface area contributed by atoms with Gasteiger partial charge in [0.1, 0.15) is 0 Å². The summed E-state index contributed by atoms with van der Waals surface area (Å²) >= 11 is 3.82. The monoisotopic (exact) mass is 639 g/mol. The van der Waals surface area contributed by atoms with E-state index in [1.165, 1.54) is 88.2 Å². The molecule has 1 aliphatic rings. The third kappa shape index (κ3) is 8.00. The van der Waals surface area contributed by atoms with E-state index in [-0.39, 0.29) is 34.0 Å². The van der Waals surface area contributed by atoms with Crippen molar-refractivity contribution in [1.82, 2.24) is 0 Å². The molecule has 0 saturated carbocycles. The molecule has 1 aliphatic heterocycles. The quantitative estimate of drug-likeness (QED) is 0.222. The van der Waals surface area contributed by atoms with Crippen molar-refractivity contribution in [1.29, 1.82) is 0 Å². The Balaban J connectivity index is 0.00000216. The number of aromatic nitrogens is 1. The van der Waals surface area contributed by atoms with Crippen LogP contribution in [0.4, 0.5) is 5.00 Å². The lowest BCUT2D eigenvalue weighted by atomic mass is 10.2. The van der Waals surface area contributed by atoms with Gasteiger partial charge in [-0.05, 0) is 69.5 Å². The van der Waals surface area contributed by atoms with Crippen LogP contribution in [0.1, 0.15) is 50.5 Å². The first-order valence-electron chi connectivity index (χ1n) is 12.6. The van der Waals surface area contributed by atoms with E-state index in [1.54, 1.807) is 0 Å². The molecule has 3 nitrogen and oxygen atoms in total. The van der Waals surface area contributed by atoms with Gasteiger partial charge in [0.2, 0.25) is 0 Å². The molecule has 192 valence electrons. The highest BCUT2D eigenvalue weighted by Gasteiger charge is 2.20. The van der Waals surface area contributed by atoms with Crippen molar-refractivity contribution >= 4 is 39.8 Å². The Labute approximate surface area is 241 Å². The van der Waals surface area contributed by atoms with Crippen molar-refractivity contribution in [3.8, 4) is 9.75 Å². The summed E-state index contributed by atoms with van der Waals surface area (Å²) in [5, 5.41) is 1.43. The van der Waals surface area contributed by atoms with Crippen LogP contribution in [0.25, 0.3) is 21.9 Å². The van der Waals surface area contributed by atoms with Gasteiger partial charge < -0.3 is 43.3 Å². The number of thiophene rings is 2. The summed E-state index contributed by atoms with van der Waals surface area (Å²) < 4.78 is 3.56. The molecule has 0 aliphatic carbocycles. The van der Waals surface area contributed by atoms with E-state index in [9.17, 15) is 0 Å². The molecule has 0 radical (unpaired) electrons. The van der Waals surface area contributed by atoms with E-state index >= 15 is 0 Å². The highest BCUT2D eigenvalue weighted by Crippen LogP contribution is 2.38. The minimum Gasteiger partial charge on any atom is -1.00 e. The van der Waals surface area contributed by atoms with Gasteiger partial charge in [-0.1, -0.05) is 6.08 Å². The number of pyridine rings is 1. The van der Waals surface area contributed by atoms with Crippen molar-refractivity contribution in [3.63, 3.8) is 0 Å². The van der Waals surface area contributed by atoms with Crippen LogP contribution in [-0.2, 0) is 6.54 Å². The topological polar surface area (TPSA) is 7.12 Å². The van der Waals surface area contributed by atoms with Crippen molar-refractivity contribution in [2.45, 2.75) is 46.6 Å². The first-order valence-corrected chi connectivity index (χ1v) is 14.3. The van der Waals surface area contributed by atoms with E-state index in [0.717, 1.165) is 6.54 Å². The maximum Gasteiger partial charge on any atom is 0.169 e. The molecule has 0 aromatic carbocycles. The highest BCUT2D eigenvalue weighted by molar-refractivity contribution is 7.24. The second kappa shape index (κ2) is 14.7. The van der Waals surface area contributed by atoms with Gasteiger partial charge >= 0.3 is 0 Å². The van der Waals surface area contributed by atoms with Crippen molar-refractivity contribution in [2.24, 2.45) is 0 Å². The Kier molecular flexibility index (Phi) is 12.7. The fourth-order valence-corrected chi connectivity index (χ4v) is 6.84. The Morgan fingerprint density at radius 1 is 0.829 bits per heavy atom. The third-order valence-corrected chi connectivity index (χ3v) is 9.69. The Hall–Kier alpha value is -0.990. The summed E-state index contributed by atoms with van der Waals surface area (Å²) in [5.74, 6) is 0. The number of hydrogen-bond acceptors (Lipinski definition) is 3. The first-order chi connectivity index (χ1) is 16.1. The summed E-state index contributed by atoms with van der Waals surface area (Å²) in [4.78, 5) is 6.60. The fraction of sp³-hybridized carbons (Fsp3) is 0.464. The fourth-order valence-electron chi connectivity index (χ4n) is 4.78. The van der Waals surface area contributed by atoms with Crippen LogP contribution in [0.5, 0.6) is 0 Å². The zero-order chi connectivity index (χ0) is 23.1. The Bertz CT molecular complexity index is 1020. The SMILES string of the molecule is CC[N+](CC)(CC)CCC[n+]1ccc(/C=C/c2ccc(-c3ccc(N4CCCC4)s3)s2)cc1.[Br-].[Br-]. The summed E-state index contributed by atoms with van der Waals surface area (Å²) in [7, 11) is 0. The van der Waals surface area contributed by atoms with Gasteiger partial charge in [0.15, 0.2) is 18.9 Å². The molecule has 0 bridgehead atoms. The lowest BCUT2D eigenvalue weighted by molar-refractivity contribution is -0.925. The van der Waals surface area contributed by atoms with E-state index in [0.29, 0.717) is 0 Å². The molecule has 1 saturated heterocycles. The van der Waals surface area contributed by atoms with E-state index in [1.807, 2.05) is 22.7 Å². The van der Waals surface area contributed by atoms with Crippen LogP contribution in [0.3, 0.4) is 0 Å². The molecular weight excluding hydrogens is 602 g/mol. The van der Waals surface area contributed by atoms with E-state index in [4.69, 9.17) is 0 Å². The van der Waals surface area contributed by atoms with Gasteiger partial charge in [-0.3, -0.25) is 0 Å². The molecule has 0 amide bonds. The lowest BCUT2D eigenvalue weighted by Gasteiger charge is -2.35. The average molecular weight is 642 g/mol. The number of quaternary nitrogens is 1. The normalized spacial score (nSPS) is 13.7. The van der Waals surface area contributed by atoms with E-state index in [2.05, 4.69) is 91.2 Å². The average Bonchev–Trinajstić information content (AvgIpc) is 3.63. The number of aryl methyl sites for hydroxylation is 1. The standard InChI is InChI=1S/C28H39N3S2.2BrH/c1-4-31(5-2,6-3)23-9-18-29-21-16-24(17-22-29)10-11-25-12-13-26(32-25)27-14-15-28(33-27)30-19-7-8-20-30;;/h10-17,21-22H,4-9,18-20,23H2,1-3H3;2*1H/q+2;;/p-2. The third-order valence-electron chi connectivity index (χ3n) is 7.30.